The van der Waals surface area contributed by atoms with Crippen LogP contribution in [0.3, 0.4) is 0 Å². The fourth-order valence-corrected chi connectivity index (χ4v) is 6.99. The number of nitrogens with zero attached hydrogens (tertiary/aromatic N) is 6. The van der Waals surface area contributed by atoms with Gasteiger partial charge in [-0.2, -0.15) is 0 Å². The van der Waals surface area contributed by atoms with Crippen molar-refractivity contribution in [3.05, 3.63) is 119 Å². The topological polar surface area (TPSA) is 214 Å². The summed E-state index contributed by atoms with van der Waals surface area (Å²) in [5, 5.41) is 0. The Labute approximate surface area is 392 Å². The van der Waals surface area contributed by atoms with Gasteiger partial charge in [-0.25, -0.2) is 31.1 Å². The van der Waals surface area contributed by atoms with E-state index in [1.165, 1.54) is 5.56 Å². The van der Waals surface area contributed by atoms with E-state index in [1.54, 1.807) is 34.6 Å². The number of amides is 5. The fourth-order valence-electron chi connectivity index (χ4n) is 6.99. The minimum atomic E-state index is -0.778. The number of benzene rings is 2. The first-order valence-corrected chi connectivity index (χ1v) is 21.8. The molecule has 0 atom stereocenters. The van der Waals surface area contributed by atoms with Gasteiger partial charge in [0.25, 0.3) is 0 Å². The van der Waals surface area contributed by atoms with Crippen LogP contribution in [0.1, 0.15) is 68.3 Å². The van der Waals surface area contributed by atoms with Crippen molar-refractivity contribution in [2.75, 3.05) is 62.2 Å². The van der Waals surface area contributed by atoms with E-state index in [4.69, 9.17) is 20.1 Å². The molecule has 4 aromatic rings. The quantitative estimate of drug-likeness (QED) is 0.0619. The number of nitrogens with one attached hydrogen (secondary N) is 3. The Morgan fingerprint density at radius 2 is 0.924 bits per heavy atom. The molecule has 4 heterocycles. The van der Waals surface area contributed by atoms with Crippen LogP contribution in [0.5, 0.6) is 0 Å². The van der Waals surface area contributed by atoms with Crippen molar-refractivity contribution in [2.45, 2.75) is 79.1 Å². The van der Waals surface area contributed by atoms with Gasteiger partial charge in [0, 0.05) is 77.6 Å². The third-order valence-electron chi connectivity index (χ3n) is 10.7. The molecule has 2 aromatic carbocycles. The molecule has 0 aliphatic carbocycles. The minimum Gasteiger partial charge on any atom is -0.444 e. The molecule has 2 aromatic heterocycles. The highest BCUT2D eigenvalue weighted by Crippen LogP contribution is 2.19. The van der Waals surface area contributed by atoms with Gasteiger partial charge in [0.15, 0.2) is 0 Å². The van der Waals surface area contributed by atoms with Crippen molar-refractivity contribution in [1.29, 1.82) is 0 Å². The zero-order valence-electron chi connectivity index (χ0n) is 38.4. The highest BCUT2D eigenvalue weighted by Gasteiger charge is 2.21. The summed E-state index contributed by atoms with van der Waals surface area (Å²) >= 11 is 0. The molecule has 0 unspecified atom stereocenters. The van der Waals surface area contributed by atoms with Crippen LogP contribution in [-0.4, -0.2) is 108 Å². The molecule has 2 fully saturated rings. The second-order valence-electron chi connectivity index (χ2n) is 16.7. The minimum absolute atomic E-state index is 0. The zero-order chi connectivity index (χ0) is 46.8. The van der Waals surface area contributed by atoms with Crippen LogP contribution in [0.15, 0.2) is 85.2 Å². The van der Waals surface area contributed by atoms with Crippen LogP contribution in [0, 0.1) is 0 Å². The van der Waals surface area contributed by atoms with E-state index in [1.807, 2.05) is 76.2 Å². The Kier molecular flexibility index (Phi) is 20.3. The number of hydrogen-bond acceptors (Lipinski definition) is 13. The second-order valence-corrected chi connectivity index (χ2v) is 16.7. The van der Waals surface area contributed by atoms with Crippen LogP contribution in [0.2, 0.25) is 0 Å². The molecule has 5 N–H and O–H groups in total. The van der Waals surface area contributed by atoms with Crippen LogP contribution >= 0.6 is 12.4 Å². The molecule has 0 radical (unpaired) electrons. The lowest BCUT2D eigenvalue weighted by Gasteiger charge is -2.35. The third kappa shape index (κ3) is 17.7. The Morgan fingerprint density at radius 1 is 0.545 bits per heavy atom. The van der Waals surface area contributed by atoms with E-state index < -0.39 is 23.9 Å². The number of halogens is 1. The summed E-state index contributed by atoms with van der Waals surface area (Å²) in [5.41, 5.74) is 13.9. The van der Waals surface area contributed by atoms with Crippen LogP contribution in [0.25, 0.3) is 0 Å². The largest absolute Gasteiger partial charge is 0.444 e. The van der Waals surface area contributed by atoms with Crippen molar-refractivity contribution < 1.29 is 38.2 Å². The van der Waals surface area contributed by atoms with Crippen LogP contribution in [0.4, 0.5) is 25.8 Å². The number of anilines is 2. The number of hydrazine groups is 2. The molecular formula is C47H63ClN10O8. The van der Waals surface area contributed by atoms with Gasteiger partial charge in [0.1, 0.15) is 18.8 Å². The highest BCUT2D eigenvalue weighted by molar-refractivity contribution is 5.85. The molecule has 356 valence electrons. The number of carbonyl (C=O) groups excluding carboxylic acids is 5. The van der Waals surface area contributed by atoms with Crippen molar-refractivity contribution in [3.8, 4) is 0 Å². The van der Waals surface area contributed by atoms with Gasteiger partial charge in [-0.3, -0.25) is 25.0 Å². The standard InChI is InChI=1S/C26H35N5O5.C21H27N5O3.ClH/c1-19(32)30-13-15-31(16-14-30)23-12-11-22(27-17-23)10-9-20-5-7-21(8-6-20)18-35-24(33)28-29-25(34)36-26(2,3)4;1-16(27)25-10-12-26(13-11-25)20-9-8-19(23-14-20)7-6-17-2-4-18(5-3-17)15-29-21(28)24-22;/h5-8,11-12,17H,9-10,13-16,18H2,1-4H3,(H,28,33)(H,29,34);2-5,8-9,14H,6-7,10-13,15,22H2,1H3,(H,24,28);1H. The van der Waals surface area contributed by atoms with Crippen molar-refractivity contribution >= 4 is 53.9 Å². The number of pyridine rings is 2. The number of hydrogen-bond donors (Lipinski definition) is 4. The maximum atomic E-state index is 11.7. The number of nitrogens with two attached hydrogens (primary N) is 1. The monoisotopic (exact) mass is 930 g/mol. The molecule has 0 saturated carbocycles. The fraction of sp³-hybridized carbons (Fsp3) is 0.426. The Bertz CT molecular complexity index is 2160. The smallest absolute Gasteiger partial charge is 0.426 e. The number of aromatic nitrogens is 2. The second kappa shape index (κ2) is 25.7. The third-order valence-corrected chi connectivity index (χ3v) is 10.7. The summed E-state index contributed by atoms with van der Waals surface area (Å²) in [7, 11) is 0. The maximum Gasteiger partial charge on any atom is 0.426 e. The summed E-state index contributed by atoms with van der Waals surface area (Å²) < 4.78 is 15.0. The lowest BCUT2D eigenvalue weighted by atomic mass is 10.1. The van der Waals surface area contributed by atoms with Crippen LogP contribution < -0.4 is 31.9 Å². The molecule has 18 nitrogen and oxygen atoms in total. The zero-order valence-corrected chi connectivity index (χ0v) is 39.2. The first-order chi connectivity index (χ1) is 31.1. The number of aryl methyl sites for hydroxylation is 4. The first-order valence-electron chi connectivity index (χ1n) is 21.8. The van der Waals surface area contributed by atoms with Gasteiger partial charge in [-0.05, 0) is 93.0 Å². The van der Waals surface area contributed by atoms with Crippen molar-refractivity contribution in [1.82, 2.24) is 36.0 Å². The molecule has 6 rings (SSSR count). The van der Waals surface area contributed by atoms with Gasteiger partial charge in [-0.15, -0.1) is 12.4 Å². The van der Waals surface area contributed by atoms with Crippen molar-refractivity contribution in [2.24, 2.45) is 5.84 Å². The van der Waals surface area contributed by atoms with Gasteiger partial charge < -0.3 is 33.8 Å². The Balaban J connectivity index is 0.000000290. The number of rotatable bonds is 12. The van der Waals surface area contributed by atoms with Gasteiger partial charge in [0.05, 0.1) is 23.8 Å². The molecule has 2 saturated heterocycles. The Hall–Kier alpha value is -6.66. The maximum absolute atomic E-state index is 11.7. The summed E-state index contributed by atoms with van der Waals surface area (Å²) in [6.07, 6.45) is 5.02. The van der Waals surface area contributed by atoms with E-state index >= 15 is 0 Å². The number of ether oxygens (including phenoxy) is 3. The van der Waals surface area contributed by atoms with E-state index in [0.29, 0.717) is 0 Å². The van der Waals surface area contributed by atoms with E-state index in [9.17, 15) is 24.0 Å². The summed E-state index contributed by atoms with van der Waals surface area (Å²) in [6, 6.07) is 24.1. The molecule has 66 heavy (non-hydrogen) atoms. The number of piperazine rings is 2. The molecular weight excluding hydrogens is 868 g/mol. The van der Waals surface area contributed by atoms with E-state index in [0.717, 1.165) is 117 Å². The number of carbonyl (C=O) groups is 5. The average Bonchev–Trinajstić information content (AvgIpc) is 3.31. The molecule has 0 spiro atoms. The predicted molar refractivity (Wildman–Crippen MR) is 253 cm³/mol. The lowest BCUT2D eigenvalue weighted by Crippen LogP contribution is -2.48. The van der Waals surface area contributed by atoms with Gasteiger partial charge in [-0.1, -0.05) is 48.5 Å². The van der Waals surface area contributed by atoms with Crippen LogP contribution in [-0.2, 0) is 62.7 Å². The summed E-state index contributed by atoms with van der Waals surface area (Å²) in [6.45, 7) is 15.0. The highest BCUT2D eigenvalue weighted by atomic mass is 35.5. The molecule has 2 aliphatic heterocycles. The molecule has 5 amide bonds. The van der Waals surface area contributed by atoms with Gasteiger partial charge in [0.2, 0.25) is 11.8 Å². The average molecular weight is 932 g/mol. The van der Waals surface area contributed by atoms with Crippen molar-refractivity contribution in [3.63, 3.8) is 0 Å². The SMILES string of the molecule is CC(=O)N1CCN(c2ccc(CCc3ccc(COC(=O)NN)cc3)nc2)CC1.CC(=O)N1CCN(c2ccc(CCc3ccc(COC(=O)NNC(=O)OC(C)(C)C)cc3)nc2)CC1.Cl. The Morgan fingerprint density at radius 3 is 1.27 bits per heavy atom. The predicted octanol–water partition coefficient (Wildman–Crippen LogP) is 5.26. The molecule has 0 bridgehead atoms. The lowest BCUT2D eigenvalue weighted by molar-refractivity contribution is -0.129. The molecule has 19 heteroatoms. The molecule has 2 aliphatic rings. The van der Waals surface area contributed by atoms with E-state index in [2.05, 4.69) is 54.9 Å². The van der Waals surface area contributed by atoms with Gasteiger partial charge >= 0.3 is 18.3 Å². The summed E-state index contributed by atoms with van der Waals surface area (Å²) in [5.74, 6) is 5.24. The first kappa shape index (κ1) is 52.0. The normalized spacial score (nSPS) is 13.5. The van der Waals surface area contributed by atoms with E-state index in [-0.39, 0.29) is 37.4 Å². The summed E-state index contributed by atoms with van der Waals surface area (Å²) in [4.78, 5) is 74.7.